The molecule has 0 aliphatic rings. The minimum atomic E-state index is -0.0327. The Morgan fingerprint density at radius 3 is 1.78 bits per heavy atom. The average Bonchev–Trinajstić information content (AvgIpc) is 2.54. The van der Waals surface area contributed by atoms with E-state index in [1.807, 2.05) is 6.92 Å². The maximum atomic E-state index is 11.2. The van der Waals surface area contributed by atoms with Crippen LogP contribution in [-0.4, -0.2) is 12.6 Å². The normalized spacial score (nSPS) is 13.7. The third kappa shape index (κ3) is 16.1. The molecular weight excluding hydrogens is 284 g/mol. The molecule has 0 aliphatic carbocycles. The highest BCUT2D eigenvalue weighted by atomic mass is 16.5. The van der Waals surface area contributed by atoms with Crippen LogP contribution >= 0.6 is 0 Å². The minimum absolute atomic E-state index is 0.0327. The van der Waals surface area contributed by atoms with Gasteiger partial charge in [-0.15, -0.1) is 0 Å². The lowest BCUT2D eigenvalue weighted by Crippen LogP contribution is -2.03. The third-order valence-corrected chi connectivity index (χ3v) is 4.97. The van der Waals surface area contributed by atoms with Gasteiger partial charge in [0.1, 0.15) is 0 Å². The molecule has 2 atom stereocenters. The van der Waals surface area contributed by atoms with Crippen LogP contribution in [0.15, 0.2) is 0 Å². The van der Waals surface area contributed by atoms with Crippen LogP contribution in [0.4, 0.5) is 0 Å². The number of hydrogen-bond acceptors (Lipinski definition) is 2. The van der Waals surface area contributed by atoms with Gasteiger partial charge in [0.05, 0.1) is 6.61 Å². The SMILES string of the molecule is CCOC(=O)CCCCCCCCC(C)CCCCC(C)CC. The summed E-state index contributed by atoms with van der Waals surface area (Å²) in [6.45, 7) is 9.46. The fourth-order valence-electron chi connectivity index (χ4n) is 3.04. The van der Waals surface area contributed by atoms with Crippen molar-refractivity contribution in [1.29, 1.82) is 0 Å². The molecule has 0 radical (unpaired) electrons. The largest absolute Gasteiger partial charge is 0.466 e. The Morgan fingerprint density at radius 1 is 0.739 bits per heavy atom. The van der Waals surface area contributed by atoms with Crippen LogP contribution in [0.5, 0.6) is 0 Å². The molecule has 0 rings (SSSR count). The number of unbranched alkanes of at least 4 members (excludes halogenated alkanes) is 6. The van der Waals surface area contributed by atoms with E-state index in [4.69, 9.17) is 4.74 Å². The van der Waals surface area contributed by atoms with E-state index in [2.05, 4.69) is 20.8 Å². The van der Waals surface area contributed by atoms with Gasteiger partial charge in [-0.05, 0) is 25.2 Å². The zero-order valence-corrected chi connectivity index (χ0v) is 16.4. The van der Waals surface area contributed by atoms with Crippen molar-refractivity contribution in [3.8, 4) is 0 Å². The summed E-state index contributed by atoms with van der Waals surface area (Å²) in [5.74, 6) is 1.78. The van der Waals surface area contributed by atoms with E-state index in [0.29, 0.717) is 13.0 Å². The van der Waals surface area contributed by atoms with Crippen molar-refractivity contribution < 1.29 is 9.53 Å². The number of carbonyl (C=O) groups excluding carboxylic acids is 1. The molecule has 23 heavy (non-hydrogen) atoms. The maximum Gasteiger partial charge on any atom is 0.305 e. The van der Waals surface area contributed by atoms with Crippen LogP contribution in [0, 0.1) is 11.8 Å². The van der Waals surface area contributed by atoms with Crippen LogP contribution in [0.25, 0.3) is 0 Å². The van der Waals surface area contributed by atoms with E-state index in [9.17, 15) is 4.79 Å². The average molecular weight is 327 g/mol. The molecule has 0 amide bonds. The third-order valence-electron chi connectivity index (χ3n) is 4.97. The van der Waals surface area contributed by atoms with Gasteiger partial charge in [-0.2, -0.15) is 0 Å². The van der Waals surface area contributed by atoms with E-state index in [0.717, 1.165) is 18.3 Å². The van der Waals surface area contributed by atoms with Gasteiger partial charge >= 0.3 is 5.97 Å². The quantitative estimate of drug-likeness (QED) is 0.227. The first-order valence-electron chi connectivity index (χ1n) is 10.3. The number of ether oxygens (including phenoxy) is 1. The van der Waals surface area contributed by atoms with Gasteiger partial charge in [0.25, 0.3) is 0 Å². The van der Waals surface area contributed by atoms with Crippen molar-refractivity contribution >= 4 is 5.97 Å². The predicted octanol–water partition coefficient (Wildman–Crippen LogP) is 6.91. The van der Waals surface area contributed by atoms with Gasteiger partial charge in [-0.3, -0.25) is 4.79 Å². The van der Waals surface area contributed by atoms with Crippen molar-refractivity contribution in [1.82, 2.24) is 0 Å². The molecule has 0 N–H and O–H groups in total. The Bertz CT molecular complexity index is 263. The Balaban J connectivity index is 3.26. The summed E-state index contributed by atoms with van der Waals surface area (Å²) in [6.07, 6.45) is 16.5. The zero-order valence-electron chi connectivity index (χ0n) is 16.4. The van der Waals surface area contributed by atoms with E-state index in [1.165, 1.54) is 70.6 Å². The lowest BCUT2D eigenvalue weighted by atomic mass is 9.94. The lowest BCUT2D eigenvalue weighted by molar-refractivity contribution is -0.143. The van der Waals surface area contributed by atoms with Gasteiger partial charge in [-0.1, -0.05) is 91.4 Å². The summed E-state index contributed by atoms with van der Waals surface area (Å²) >= 11 is 0. The minimum Gasteiger partial charge on any atom is -0.466 e. The predicted molar refractivity (Wildman–Crippen MR) is 101 cm³/mol. The molecule has 2 heteroatoms. The molecule has 0 spiro atoms. The van der Waals surface area contributed by atoms with Crippen LogP contribution in [0.3, 0.4) is 0 Å². The van der Waals surface area contributed by atoms with Gasteiger partial charge < -0.3 is 4.74 Å². The highest BCUT2D eigenvalue weighted by molar-refractivity contribution is 5.69. The summed E-state index contributed by atoms with van der Waals surface area (Å²) in [5, 5.41) is 0. The Labute approximate surface area is 145 Å². The molecular formula is C21H42O2. The first-order chi connectivity index (χ1) is 11.1. The summed E-state index contributed by atoms with van der Waals surface area (Å²) in [7, 11) is 0. The number of carbonyl (C=O) groups is 1. The standard InChI is InChI=1S/C21H42O2/c1-5-19(3)15-13-14-17-20(4)16-11-9-7-8-10-12-18-21(22)23-6-2/h19-20H,5-18H2,1-4H3. The van der Waals surface area contributed by atoms with E-state index < -0.39 is 0 Å². The number of rotatable bonds is 16. The van der Waals surface area contributed by atoms with E-state index in [1.54, 1.807) is 0 Å². The molecule has 0 heterocycles. The Morgan fingerprint density at radius 2 is 1.22 bits per heavy atom. The highest BCUT2D eigenvalue weighted by Crippen LogP contribution is 2.19. The molecule has 2 unspecified atom stereocenters. The first-order valence-corrected chi connectivity index (χ1v) is 10.3. The molecule has 0 aromatic heterocycles. The van der Waals surface area contributed by atoms with Gasteiger partial charge in [0, 0.05) is 6.42 Å². The topological polar surface area (TPSA) is 26.3 Å². The molecule has 0 aliphatic heterocycles. The lowest BCUT2D eigenvalue weighted by Gasteiger charge is -2.12. The maximum absolute atomic E-state index is 11.2. The first kappa shape index (κ1) is 22.5. The summed E-state index contributed by atoms with van der Waals surface area (Å²) in [5.41, 5.74) is 0. The highest BCUT2D eigenvalue weighted by Gasteiger charge is 2.04. The monoisotopic (exact) mass is 326 g/mol. The van der Waals surface area contributed by atoms with Crippen molar-refractivity contribution in [3.63, 3.8) is 0 Å². The molecule has 138 valence electrons. The Hall–Kier alpha value is -0.530. The van der Waals surface area contributed by atoms with Crippen LogP contribution in [0.2, 0.25) is 0 Å². The van der Waals surface area contributed by atoms with Crippen LogP contribution in [-0.2, 0) is 9.53 Å². The summed E-state index contributed by atoms with van der Waals surface area (Å²) in [6, 6.07) is 0. The van der Waals surface area contributed by atoms with Crippen molar-refractivity contribution in [2.45, 2.75) is 111 Å². The number of hydrogen-bond donors (Lipinski definition) is 0. The molecule has 0 fully saturated rings. The molecule has 0 saturated heterocycles. The fraction of sp³-hybridized carbons (Fsp3) is 0.952. The Kier molecular flexibility index (Phi) is 16.0. The smallest absolute Gasteiger partial charge is 0.305 e. The summed E-state index contributed by atoms with van der Waals surface area (Å²) < 4.78 is 4.93. The van der Waals surface area contributed by atoms with E-state index in [-0.39, 0.29) is 5.97 Å². The molecule has 0 aromatic rings. The number of esters is 1. The van der Waals surface area contributed by atoms with Crippen molar-refractivity contribution in [3.05, 3.63) is 0 Å². The molecule has 0 bridgehead atoms. The summed E-state index contributed by atoms with van der Waals surface area (Å²) in [4.78, 5) is 11.2. The second kappa shape index (κ2) is 16.3. The molecule has 0 saturated carbocycles. The van der Waals surface area contributed by atoms with Crippen molar-refractivity contribution in [2.24, 2.45) is 11.8 Å². The molecule has 0 aromatic carbocycles. The second-order valence-electron chi connectivity index (χ2n) is 7.37. The fourth-order valence-corrected chi connectivity index (χ4v) is 3.04. The van der Waals surface area contributed by atoms with Crippen LogP contribution in [0.1, 0.15) is 111 Å². The van der Waals surface area contributed by atoms with Gasteiger partial charge in [-0.25, -0.2) is 0 Å². The molecule has 2 nitrogen and oxygen atoms in total. The van der Waals surface area contributed by atoms with E-state index >= 15 is 0 Å². The van der Waals surface area contributed by atoms with Crippen LogP contribution < -0.4 is 0 Å². The van der Waals surface area contributed by atoms with Gasteiger partial charge in [0.15, 0.2) is 0 Å². The van der Waals surface area contributed by atoms with Gasteiger partial charge in [0.2, 0.25) is 0 Å². The second-order valence-corrected chi connectivity index (χ2v) is 7.37. The zero-order chi connectivity index (χ0) is 17.3. The van der Waals surface area contributed by atoms with Crippen molar-refractivity contribution in [2.75, 3.05) is 6.61 Å².